The molecule has 52 heavy (non-hydrogen) atoms. The van der Waals surface area contributed by atoms with Crippen molar-refractivity contribution >= 4 is 52.2 Å². The Morgan fingerprint density at radius 1 is 0.385 bits per heavy atom. The van der Waals surface area contributed by atoms with Gasteiger partial charge in [-0.3, -0.25) is 0 Å². The first-order valence-corrected chi connectivity index (χ1v) is 17.4. The Hall–Kier alpha value is -6.92. The van der Waals surface area contributed by atoms with Gasteiger partial charge in [-0.25, -0.2) is 10.0 Å². The van der Waals surface area contributed by atoms with Crippen molar-refractivity contribution < 1.29 is 4.74 Å². The molecule has 6 heteroatoms. The minimum absolute atomic E-state index is 0.618. The van der Waals surface area contributed by atoms with Crippen LogP contribution in [-0.4, -0.2) is 19.0 Å². The monoisotopic (exact) mass is 677 g/mol. The van der Waals surface area contributed by atoms with Crippen molar-refractivity contribution in [2.24, 2.45) is 10.2 Å². The Labute approximate surface area is 305 Å². The minimum Gasteiger partial charge on any atom is -0.494 e. The Morgan fingerprint density at radius 3 is 1.00 bits per heavy atom. The van der Waals surface area contributed by atoms with E-state index >= 15 is 0 Å². The second-order valence-corrected chi connectivity index (χ2v) is 11.9. The summed E-state index contributed by atoms with van der Waals surface area (Å²) in [4.78, 5) is 2.23. The molecule has 0 amide bonds. The van der Waals surface area contributed by atoms with Crippen LogP contribution in [0.3, 0.4) is 0 Å². The molecular weight excluding hydrogens is 639 g/mol. The molecule has 0 saturated carbocycles. The fraction of sp³-hybridized carbons (Fsp3) is 0.0435. The first-order valence-electron chi connectivity index (χ1n) is 17.4. The van der Waals surface area contributed by atoms with Crippen LogP contribution in [0.2, 0.25) is 0 Å². The first kappa shape index (κ1) is 33.6. The van der Waals surface area contributed by atoms with Gasteiger partial charge in [0.05, 0.1) is 41.8 Å². The van der Waals surface area contributed by atoms with Crippen LogP contribution in [0.25, 0.3) is 0 Å². The van der Waals surface area contributed by atoms with E-state index in [0.717, 1.165) is 56.7 Å². The molecule has 7 aromatic rings. The van der Waals surface area contributed by atoms with E-state index in [9.17, 15) is 0 Å². The third-order valence-electron chi connectivity index (χ3n) is 8.36. The van der Waals surface area contributed by atoms with Crippen molar-refractivity contribution in [1.29, 1.82) is 0 Å². The Kier molecular flexibility index (Phi) is 10.8. The summed E-state index contributed by atoms with van der Waals surface area (Å²) >= 11 is 0. The van der Waals surface area contributed by atoms with Crippen molar-refractivity contribution in [3.05, 3.63) is 205 Å². The Bertz CT molecular complexity index is 1960. The van der Waals surface area contributed by atoms with Crippen LogP contribution in [0.15, 0.2) is 204 Å². The normalized spacial score (nSPS) is 11.1. The van der Waals surface area contributed by atoms with Crippen LogP contribution in [0.4, 0.5) is 39.8 Å². The van der Waals surface area contributed by atoms with Gasteiger partial charge < -0.3 is 9.64 Å². The predicted octanol–water partition coefficient (Wildman–Crippen LogP) is 11.9. The maximum absolute atomic E-state index is 5.75. The van der Waals surface area contributed by atoms with Crippen LogP contribution in [0, 0.1) is 0 Å². The maximum Gasteiger partial charge on any atom is 0.119 e. The Balaban J connectivity index is 1.17. The van der Waals surface area contributed by atoms with Gasteiger partial charge in [-0.05, 0) is 115 Å². The van der Waals surface area contributed by atoms with Crippen LogP contribution in [0.5, 0.6) is 5.75 Å². The highest BCUT2D eigenvalue weighted by atomic mass is 16.5. The van der Waals surface area contributed by atoms with Gasteiger partial charge in [-0.1, -0.05) is 97.1 Å². The summed E-state index contributed by atoms with van der Waals surface area (Å²) in [7, 11) is 0. The quantitative estimate of drug-likeness (QED) is 0.0900. The van der Waals surface area contributed by atoms with Gasteiger partial charge in [-0.2, -0.15) is 10.2 Å². The number of para-hydroxylation sites is 4. The van der Waals surface area contributed by atoms with E-state index in [4.69, 9.17) is 14.9 Å². The van der Waals surface area contributed by atoms with Gasteiger partial charge in [0.15, 0.2) is 0 Å². The molecule has 0 aliphatic rings. The third-order valence-corrected chi connectivity index (χ3v) is 8.36. The van der Waals surface area contributed by atoms with Crippen molar-refractivity contribution in [2.45, 2.75) is 6.92 Å². The second-order valence-electron chi connectivity index (χ2n) is 11.9. The average Bonchev–Trinajstić information content (AvgIpc) is 3.22. The molecule has 7 rings (SSSR count). The lowest BCUT2D eigenvalue weighted by Gasteiger charge is -2.26. The third kappa shape index (κ3) is 8.26. The van der Waals surface area contributed by atoms with Crippen molar-refractivity contribution in [2.75, 3.05) is 21.5 Å². The molecule has 0 N–H and O–H groups in total. The van der Waals surface area contributed by atoms with Gasteiger partial charge in [0.25, 0.3) is 0 Å². The van der Waals surface area contributed by atoms with Crippen LogP contribution in [-0.2, 0) is 0 Å². The minimum atomic E-state index is 0.618. The molecule has 0 fully saturated rings. The molecular formula is C46H39N5O. The average molecular weight is 678 g/mol. The van der Waals surface area contributed by atoms with Gasteiger partial charge in [0.1, 0.15) is 5.75 Å². The molecule has 0 atom stereocenters. The summed E-state index contributed by atoms with van der Waals surface area (Å²) in [5, 5.41) is 13.7. The number of hydrogen-bond donors (Lipinski definition) is 0. The number of hydrazone groups is 2. The van der Waals surface area contributed by atoms with Gasteiger partial charge >= 0.3 is 0 Å². The van der Waals surface area contributed by atoms with Crippen LogP contribution >= 0.6 is 0 Å². The van der Waals surface area contributed by atoms with Crippen molar-refractivity contribution in [1.82, 2.24) is 0 Å². The van der Waals surface area contributed by atoms with Crippen molar-refractivity contribution in [3.63, 3.8) is 0 Å². The second kappa shape index (κ2) is 16.7. The molecule has 0 aromatic heterocycles. The fourth-order valence-corrected chi connectivity index (χ4v) is 5.81. The summed E-state index contributed by atoms with van der Waals surface area (Å²) < 4.78 is 5.75. The molecule has 0 aliphatic heterocycles. The smallest absolute Gasteiger partial charge is 0.119 e. The molecule has 0 spiro atoms. The van der Waals surface area contributed by atoms with Crippen molar-refractivity contribution in [3.8, 4) is 5.75 Å². The highest BCUT2D eigenvalue weighted by Gasteiger charge is 2.14. The number of rotatable bonds is 13. The lowest BCUT2D eigenvalue weighted by atomic mass is 10.1. The lowest BCUT2D eigenvalue weighted by Crippen LogP contribution is -2.11. The molecule has 254 valence electrons. The molecule has 0 saturated heterocycles. The number of benzene rings is 7. The molecule has 0 heterocycles. The topological polar surface area (TPSA) is 43.7 Å². The largest absolute Gasteiger partial charge is 0.494 e. The standard InChI is InChI=1S/C46H39N5O/c1-2-52-46-33-31-41(32-34-46)49(39-27-23-37(24-28-39)35-47-50(42-15-7-3-8-16-42)43-17-9-4-10-18-43)40-29-25-38(26-30-40)36-48-51(44-19-11-5-12-20-44)45-21-13-6-14-22-45/h3-36H,2H2,1H3. The van der Waals surface area contributed by atoms with Gasteiger partial charge in [0.2, 0.25) is 0 Å². The van der Waals surface area contributed by atoms with E-state index in [1.165, 1.54) is 0 Å². The highest BCUT2D eigenvalue weighted by molar-refractivity contribution is 5.86. The Morgan fingerprint density at radius 2 is 0.692 bits per heavy atom. The molecule has 0 radical (unpaired) electrons. The summed E-state index contributed by atoms with van der Waals surface area (Å²) in [6.45, 7) is 2.61. The van der Waals surface area contributed by atoms with E-state index in [0.29, 0.717) is 6.61 Å². The highest BCUT2D eigenvalue weighted by Crippen LogP contribution is 2.36. The van der Waals surface area contributed by atoms with E-state index in [2.05, 4.69) is 114 Å². The molecule has 6 nitrogen and oxygen atoms in total. The van der Waals surface area contributed by atoms with E-state index in [1.807, 2.05) is 114 Å². The molecule has 0 bridgehead atoms. The van der Waals surface area contributed by atoms with Gasteiger partial charge in [-0.15, -0.1) is 0 Å². The summed E-state index contributed by atoms with van der Waals surface area (Å²) in [6.07, 6.45) is 3.79. The number of hydrogen-bond acceptors (Lipinski definition) is 6. The number of nitrogens with zero attached hydrogens (tertiary/aromatic N) is 5. The summed E-state index contributed by atoms with van der Waals surface area (Å²) in [5.74, 6) is 0.840. The first-order chi connectivity index (χ1) is 25.7. The summed E-state index contributed by atoms with van der Waals surface area (Å²) in [5.41, 5.74) is 8.99. The molecule has 0 aliphatic carbocycles. The number of ether oxygens (including phenoxy) is 1. The zero-order valence-electron chi connectivity index (χ0n) is 29.0. The lowest BCUT2D eigenvalue weighted by molar-refractivity contribution is 0.340. The van der Waals surface area contributed by atoms with Crippen LogP contribution in [0.1, 0.15) is 18.1 Å². The number of anilines is 7. The van der Waals surface area contributed by atoms with Gasteiger partial charge in [0, 0.05) is 17.1 Å². The predicted molar refractivity (Wildman–Crippen MR) is 218 cm³/mol. The fourth-order valence-electron chi connectivity index (χ4n) is 5.81. The summed E-state index contributed by atoms with van der Waals surface area (Å²) in [6, 6.07) is 65.8. The van der Waals surface area contributed by atoms with E-state index in [1.54, 1.807) is 0 Å². The molecule has 0 unspecified atom stereocenters. The van der Waals surface area contributed by atoms with Crippen LogP contribution < -0.4 is 19.7 Å². The zero-order valence-corrected chi connectivity index (χ0v) is 29.0. The van der Waals surface area contributed by atoms with E-state index in [-0.39, 0.29) is 0 Å². The molecule has 7 aromatic carbocycles. The van der Waals surface area contributed by atoms with E-state index < -0.39 is 0 Å². The maximum atomic E-state index is 5.75. The SMILES string of the molecule is CCOc1ccc(N(c2ccc(C=NN(c3ccccc3)c3ccccc3)cc2)c2ccc(C=NN(c3ccccc3)c3ccccc3)cc2)cc1. The zero-order chi connectivity index (χ0) is 35.4.